The van der Waals surface area contributed by atoms with Crippen molar-refractivity contribution in [3.05, 3.63) is 114 Å². The van der Waals surface area contributed by atoms with Crippen molar-refractivity contribution in [3.63, 3.8) is 0 Å². The van der Waals surface area contributed by atoms with Crippen LogP contribution in [0.25, 0.3) is 11.4 Å². The standard InChI is InChI=1S/C17H21N3.C11H17N3/c1-13(2)14-8-10-15(11-9-14)17(18)12-20(19)16-6-4-3-5-7-16;1-8(2)9-3-5-10(6-4-9)11(12)7-14-13/h3-13H,18-19H2,1-2H3;3-8,14H,12-13H2,1-2H3/b17-12-;11-7-. The average Bonchev–Trinajstić information content (AvgIpc) is 2.85. The number of hydrogen-bond acceptors (Lipinski definition) is 6. The summed E-state index contributed by atoms with van der Waals surface area (Å²) in [5.74, 6) is 12.2. The van der Waals surface area contributed by atoms with Crippen molar-refractivity contribution in [1.82, 2.24) is 5.43 Å². The van der Waals surface area contributed by atoms with Crippen LogP contribution in [0.3, 0.4) is 0 Å². The molecule has 0 aromatic heterocycles. The molecule has 6 nitrogen and oxygen atoms in total. The zero-order valence-corrected chi connectivity index (χ0v) is 20.6. The molecule has 34 heavy (non-hydrogen) atoms. The highest BCUT2D eigenvalue weighted by molar-refractivity contribution is 5.66. The minimum atomic E-state index is 0.518. The molecule has 0 heterocycles. The molecule has 3 rings (SSSR count). The van der Waals surface area contributed by atoms with Crippen LogP contribution in [-0.2, 0) is 0 Å². The number of hydrazine groups is 2. The van der Waals surface area contributed by atoms with Crippen molar-refractivity contribution in [3.8, 4) is 0 Å². The van der Waals surface area contributed by atoms with Gasteiger partial charge in [-0.15, -0.1) is 0 Å². The molecule has 0 bridgehead atoms. The van der Waals surface area contributed by atoms with E-state index in [0.29, 0.717) is 23.2 Å². The van der Waals surface area contributed by atoms with Gasteiger partial charge in [-0.05, 0) is 46.2 Å². The number of nitrogens with one attached hydrogen (secondary N) is 1. The molecule has 0 saturated heterocycles. The van der Waals surface area contributed by atoms with Gasteiger partial charge in [-0.2, -0.15) is 0 Å². The summed E-state index contributed by atoms with van der Waals surface area (Å²) in [5, 5.41) is 1.53. The molecule has 0 amide bonds. The van der Waals surface area contributed by atoms with Crippen LogP contribution in [0.1, 0.15) is 61.8 Å². The second-order valence-corrected chi connectivity index (χ2v) is 8.65. The predicted octanol–water partition coefficient (Wildman–Crippen LogP) is 4.98. The van der Waals surface area contributed by atoms with E-state index in [0.717, 1.165) is 16.8 Å². The van der Waals surface area contributed by atoms with Gasteiger partial charge in [0.2, 0.25) is 0 Å². The van der Waals surface area contributed by atoms with Crippen LogP contribution in [-0.4, -0.2) is 0 Å². The molecule has 0 aliphatic carbocycles. The summed E-state index contributed by atoms with van der Waals surface area (Å²) in [7, 11) is 0. The van der Waals surface area contributed by atoms with E-state index in [9.17, 15) is 0 Å². The Balaban J connectivity index is 0.000000257. The molecule has 0 saturated carbocycles. The summed E-state index contributed by atoms with van der Waals surface area (Å²) < 4.78 is 0. The van der Waals surface area contributed by atoms with Crippen molar-refractivity contribution in [2.75, 3.05) is 5.01 Å². The van der Waals surface area contributed by atoms with E-state index >= 15 is 0 Å². The minimum Gasteiger partial charge on any atom is -0.397 e. The van der Waals surface area contributed by atoms with E-state index in [2.05, 4.69) is 57.4 Å². The van der Waals surface area contributed by atoms with Gasteiger partial charge in [0.1, 0.15) is 0 Å². The van der Waals surface area contributed by atoms with Crippen molar-refractivity contribution in [2.45, 2.75) is 39.5 Å². The molecule has 0 aliphatic rings. The Morgan fingerprint density at radius 1 is 0.706 bits per heavy atom. The zero-order chi connectivity index (χ0) is 25.1. The maximum absolute atomic E-state index is 6.10. The molecule has 0 spiro atoms. The maximum Gasteiger partial charge on any atom is 0.0569 e. The van der Waals surface area contributed by atoms with Gasteiger partial charge in [-0.3, -0.25) is 10.9 Å². The lowest BCUT2D eigenvalue weighted by Gasteiger charge is -2.15. The Hall–Kier alpha value is -3.74. The van der Waals surface area contributed by atoms with Gasteiger partial charge in [0.25, 0.3) is 0 Å². The molecule has 0 unspecified atom stereocenters. The largest absolute Gasteiger partial charge is 0.397 e. The maximum atomic E-state index is 6.10. The summed E-state index contributed by atoms with van der Waals surface area (Å²) >= 11 is 0. The van der Waals surface area contributed by atoms with Gasteiger partial charge >= 0.3 is 0 Å². The first kappa shape index (κ1) is 26.5. The van der Waals surface area contributed by atoms with E-state index in [1.807, 2.05) is 54.6 Å². The smallest absolute Gasteiger partial charge is 0.0569 e. The summed E-state index contributed by atoms with van der Waals surface area (Å²) in [5.41, 5.74) is 21.0. The van der Waals surface area contributed by atoms with Gasteiger partial charge in [-0.1, -0.05) is 94.4 Å². The zero-order valence-electron chi connectivity index (χ0n) is 20.6. The highest BCUT2D eigenvalue weighted by Gasteiger charge is 2.03. The summed E-state index contributed by atoms with van der Waals surface area (Å²) in [6, 6.07) is 26.1. The van der Waals surface area contributed by atoms with E-state index in [4.69, 9.17) is 23.2 Å². The van der Waals surface area contributed by atoms with E-state index < -0.39 is 0 Å². The van der Waals surface area contributed by atoms with Crippen LogP contribution >= 0.6 is 0 Å². The number of rotatable bonds is 7. The molecule has 0 fully saturated rings. The molecular weight excluding hydrogens is 420 g/mol. The lowest BCUT2D eigenvalue weighted by molar-refractivity contribution is 0.866. The van der Waals surface area contributed by atoms with Crippen LogP contribution in [0.5, 0.6) is 0 Å². The molecule has 0 atom stereocenters. The SMILES string of the molecule is CC(C)c1ccc(/C(N)=C/N(N)c2ccccc2)cc1.CC(C)c1ccc(/C(N)=C/NN)cc1. The van der Waals surface area contributed by atoms with Gasteiger partial charge in [0.05, 0.1) is 17.1 Å². The van der Waals surface area contributed by atoms with Gasteiger partial charge in [-0.25, -0.2) is 5.84 Å². The third-order valence-electron chi connectivity index (χ3n) is 5.39. The topological polar surface area (TPSA) is 119 Å². The fourth-order valence-corrected chi connectivity index (χ4v) is 3.19. The van der Waals surface area contributed by atoms with Crippen molar-refractivity contribution in [1.29, 1.82) is 0 Å². The minimum absolute atomic E-state index is 0.518. The quantitative estimate of drug-likeness (QED) is 0.252. The second-order valence-electron chi connectivity index (χ2n) is 8.65. The fourth-order valence-electron chi connectivity index (χ4n) is 3.19. The Bertz CT molecular complexity index is 1050. The van der Waals surface area contributed by atoms with E-state index in [-0.39, 0.29) is 0 Å². The van der Waals surface area contributed by atoms with Crippen LogP contribution in [0.15, 0.2) is 91.3 Å². The first-order valence-electron chi connectivity index (χ1n) is 11.4. The van der Waals surface area contributed by atoms with Gasteiger partial charge in [0.15, 0.2) is 0 Å². The lowest BCUT2D eigenvalue weighted by Crippen LogP contribution is -2.25. The van der Waals surface area contributed by atoms with Crippen LogP contribution in [0, 0.1) is 0 Å². The molecule has 9 N–H and O–H groups in total. The number of nitrogens with two attached hydrogens (primary N) is 4. The monoisotopic (exact) mass is 458 g/mol. The number of nitrogens with zero attached hydrogens (tertiary/aromatic N) is 1. The number of hydrogen-bond donors (Lipinski definition) is 5. The van der Waals surface area contributed by atoms with Crippen LogP contribution < -0.4 is 33.6 Å². The van der Waals surface area contributed by atoms with Crippen molar-refractivity contribution < 1.29 is 0 Å². The first-order chi connectivity index (χ1) is 16.2. The molecule has 6 heteroatoms. The Morgan fingerprint density at radius 3 is 1.56 bits per heavy atom. The fraction of sp³-hybridized carbons (Fsp3) is 0.214. The molecular formula is C28H38N6. The first-order valence-corrected chi connectivity index (χ1v) is 11.4. The third-order valence-corrected chi connectivity index (χ3v) is 5.39. The van der Waals surface area contributed by atoms with Crippen molar-refractivity contribution in [2.24, 2.45) is 23.2 Å². The van der Waals surface area contributed by atoms with E-state index in [1.165, 1.54) is 16.1 Å². The van der Waals surface area contributed by atoms with Crippen molar-refractivity contribution >= 4 is 17.1 Å². The number of anilines is 1. The average molecular weight is 459 g/mol. The van der Waals surface area contributed by atoms with E-state index in [1.54, 1.807) is 12.4 Å². The Morgan fingerprint density at radius 2 is 1.15 bits per heavy atom. The summed E-state index contributed by atoms with van der Waals surface area (Å²) in [6.07, 6.45) is 3.31. The normalized spacial score (nSPS) is 11.8. The predicted molar refractivity (Wildman–Crippen MR) is 146 cm³/mol. The lowest BCUT2D eigenvalue weighted by atomic mass is 10.0. The molecule has 0 aliphatic heterocycles. The Kier molecular flexibility index (Phi) is 10.2. The third kappa shape index (κ3) is 7.99. The second kappa shape index (κ2) is 13.1. The Labute approximate surface area is 203 Å². The summed E-state index contributed by atoms with van der Waals surface area (Å²) in [4.78, 5) is 0. The van der Waals surface area contributed by atoms with Crippen LogP contribution in [0.4, 0.5) is 5.69 Å². The van der Waals surface area contributed by atoms with Gasteiger partial charge in [0, 0.05) is 12.4 Å². The van der Waals surface area contributed by atoms with Gasteiger partial charge < -0.3 is 16.9 Å². The van der Waals surface area contributed by atoms with Crippen LogP contribution in [0.2, 0.25) is 0 Å². The highest BCUT2D eigenvalue weighted by Crippen LogP contribution is 2.19. The number of benzene rings is 3. The molecule has 0 radical (unpaired) electrons. The molecule has 3 aromatic carbocycles. The summed E-state index contributed by atoms with van der Waals surface area (Å²) in [6.45, 7) is 8.67. The molecule has 3 aromatic rings. The molecule has 180 valence electrons. The number of para-hydroxylation sites is 1. The highest BCUT2D eigenvalue weighted by atomic mass is 15.4.